The minimum absolute atomic E-state index is 0.00135. The van der Waals surface area contributed by atoms with E-state index < -0.39 is 64.5 Å². The third-order valence-electron chi connectivity index (χ3n) is 8.94. The third kappa shape index (κ3) is 6.77. The summed E-state index contributed by atoms with van der Waals surface area (Å²) in [4.78, 5) is 54.6. The van der Waals surface area contributed by atoms with Crippen molar-refractivity contribution in [2.45, 2.75) is 57.4 Å². The van der Waals surface area contributed by atoms with Crippen LogP contribution < -0.4 is 9.80 Å². The predicted octanol–water partition coefficient (Wildman–Crippen LogP) is 6.51. The van der Waals surface area contributed by atoms with E-state index >= 15 is 4.39 Å². The summed E-state index contributed by atoms with van der Waals surface area (Å²) in [6.07, 6.45) is -0.551. The molecule has 0 aromatic heterocycles. The van der Waals surface area contributed by atoms with Crippen molar-refractivity contribution in [3.05, 3.63) is 106 Å². The topological polar surface area (TPSA) is 137 Å². The normalized spacial score (nSPS) is 19.1. The number of carboxylic acids is 2. The zero-order chi connectivity index (χ0) is 37.6. The SMILES string of the molecule is COC1=CC(N(C2=CC(OC)=C(C(=O)O)CC2)c2cc(F)ccc2CN2C(=O)N(c3ccc(F)c(C(F)(F)F)c3)C(=O)C2(C)C)CC=C1C(=O)O. The van der Waals surface area contributed by atoms with Gasteiger partial charge >= 0.3 is 24.1 Å². The number of nitrogens with zero attached hydrogens (tertiary/aromatic N) is 3. The number of rotatable bonds is 10. The number of halogens is 5. The van der Waals surface area contributed by atoms with Crippen LogP contribution in [0, 0.1) is 11.6 Å². The van der Waals surface area contributed by atoms with Crippen LogP contribution in [0.1, 0.15) is 44.2 Å². The smallest absolute Gasteiger partial charge is 0.419 e. The van der Waals surface area contributed by atoms with Gasteiger partial charge in [0.05, 0.1) is 49.2 Å². The number of hydrogen-bond donors (Lipinski definition) is 2. The molecule has 0 saturated carbocycles. The second-order valence-electron chi connectivity index (χ2n) is 12.3. The molecule has 0 radical (unpaired) electrons. The molecule has 2 N–H and O–H groups in total. The Morgan fingerprint density at radius 1 is 1.00 bits per heavy atom. The molecule has 3 amide bonds. The van der Waals surface area contributed by atoms with E-state index in [1.807, 2.05) is 0 Å². The lowest BCUT2D eigenvalue weighted by molar-refractivity contribution is -0.140. The summed E-state index contributed by atoms with van der Waals surface area (Å²) in [5.74, 6) is -5.63. The first kappa shape index (κ1) is 36.6. The van der Waals surface area contributed by atoms with Gasteiger partial charge in [0.25, 0.3) is 5.91 Å². The van der Waals surface area contributed by atoms with Gasteiger partial charge in [-0.1, -0.05) is 12.1 Å². The van der Waals surface area contributed by atoms with Crippen LogP contribution in [0.15, 0.2) is 83.0 Å². The molecular weight excluding hydrogens is 685 g/mol. The lowest BCUT2D eigenvalue weighted by Crippen LogP contribution is -2.44. The van der Waals surface area contributed by atoms with E-state index in [4.69, 9.17) is 9.47 Å². The fourth-order valence-electron chi connectivity index (χ4n) is 6.30. The number of aliphatic carboxylic acids is 2. The maximum atomic E-state index is 15.2. The summed E-state index contributed by atoms with van der Waals surface area (Å²) in [7, 11) is 2.56. The molecule has 2 aromatic rings. The van der Waals surface area contributed by atoms with Crippen LogP contribution in [0.3, 0.4) is 0 Å². The second kappa shape index (κ2) is 13.6. The standard InChI is InChI=1S/C35H32F5N3O8/c1-34(2)32(48)43(20-9-12-26(37)25(14-20)35(38,39)40)33(49)41(34)17-18-5-6-19(36)13-27(18)42(21-7-10-23(30(44)45)28(15-21)50-3)22-8-11-24(31(46)47)29(16-22)51-4/h5-6,9-10,12-16,21H,7-8,11,17H2,1-4H3,(H,44,45)(H,46,47). The van der Waals surface area contributed by atoms with Crippen molar-refractivity contribution in [1.82, 2.24) is 4.90 Å². The molecule has 51 heavy (non-hydrogen) atoms. The first-order valence-corrected chi connectivity index (χ1v) is 15.4. The largest absolute Gasteiger partial charge is 0.496 e. The number of carbonyl (C=O) groups excluding carboxylic acids is 2. The van der Waals surface area contributed by atoms with E-state index in [9.17, 15) is 47.0 Å². The number of amides is 3. The summed E-state index contributed by atoms with van der Waals surface area (Å²) >= 11 is 0. The molecule has 5 rings (SSSR count). The Kier molecular flexibility index (Phi) is 9.74. The number of anilines is 2. The van der Waals surface area contributed by atoms with Gasteiger partial charge in [-0.05, 0) is 75.1 Å². The molecule has 1 saturated heterocycles. The molecule has 0 spiro atoms. The molecular formula is C35H32F5N3O8. The maximum Gasteiger partial charge on any atom is 0.419 e. The first-order chi connectivity index (χ1) is 23.9. The summed E-state index contributed by atoms with van der Waals surface area (Å²) in [6, 6.07) is 3.61. The molecule has 1 unspecified atom stereocenters. The molecule has 3 aliphatic rings. The van der Waals surface area contributed by atoms with Gasteiger partial charge in [-0.25, -0.2) is 28.1 Å². The Balaban J connectivity index is 1.63. The fraction of sp³-hybridized carbons (Fsp3) is 0.314. The number of benzene rings is 2. The number of imide groups is 1. The number of urea groups is 1. The second-order valence-corrected chi connectivity index (χ2v) is 12.3. The molecule has 1 aliphatic heterocycles. The van der Waals surface area contributed by atoms with Crippen LogP contribution in [0.4, 0.5) is 38.1 Å². The number of carboxylic acid groups (broad SMARTS) is 2. The lowest BCUT2D eigenvalue weighted by atomic mass is 9.94. The van der Waals surface area contributed by atoms with Crippen LogP contribution in [-0.4, -0.2) is 64.8 Å². The molecule has 2 aromatic carbocycles. The number of allylic oxidation sites excluding steroid dienone is 2. The number of methoxy groups -OCH3 is 2. The number of hydrogen-bond acceptors (Lipinski definition) is 7. The predicted molar refractivity (Wildman–Crippen MR) is 171 cm³/mol. The average molecular weight is 718 g/mol. The van der Waals surface area contributed by atoms with Crippen molar-refractivity contribution in [1.29, 1.82) is 0 Å². The molecule has 1 atom stereocenters. The van der Waals surface area contributed by atoms with E-state index in [-0.39, 0.29) is 59.7 Å². The zero-order valence-electron chi connectivity index (χ0n) is 27.7. The molecule has 16 heteroatoms. The number of alkyl halides is 3. The van der Waals surface area contributed by atoms with Gasteiger partial charge in [-0.3, -0.25) is 4.79 Å². The quantitative estimate of drug-likeness (QED) is 0.208. The summed E-state index contributed by atoms with van der Waals surface area (Å²) in [5.41, 5.74) is -3.11. The molecule has 2 aliphatic carbocycles. The van der Waals surface area contributed by atoms with Crippen LogP contribution in [0.25, 0.3) is 0 Å². The molecule has 1 fully saturated rings. The number of carbonyl (C=O) groups is 4. The zero-order valence-corrected chi connectivity index (χ0v) is 27.7. The van der Waals surface area contributed by atoms with Crippen molar-refractivity contribution in [2.24, 2.45) is 0 Å². The first-order valence-electron chi connectivity index (χ1n) is 15.4. The van der Waals surface area contributed by atoms with E-state index in [1.54, 1.807) is 4.90 Å². The highest BCUT2D eigenvalue weighted by Gasteiger charge is 2.52. The number of ether oxygens (including phenoxy) is 2. The van der Waals surface area contributed by atoms with Crippen molar-refractivity contribution in [3.8, 4) is 0 Å². The lowest BCUT2D eigenvalue weighted by Gasteiger charge is -2.39. The van der Waals surface area contributed by atoms with Crippen LogP contribution in [0.5, 0.6) is 0 Å². The van der Waals surface area contributed by atoms with E-state index in [0.29, 0.717) is 22.7 Å². The highest BCUT2D eigenvalue weighted by atomic mass is 19.4. The highest BCUT2D eigenvalue weighted by molar-refractivity contribution is 6.23. The minimum Gasteiger partial charge on any atom is -0.496 e. The Morgan fingerprint density at radius 3 is 2.31 bits per heavy atom. The van der Waals surface area contributed by atoms with Crippen molar-refractivity contribution >= 4 is 35.3 Å². The summed E-state index contributed by atoms with van der Waals surface area (Å²) < 4.78 is 80.6. The van der Waals surface area contributed by atoms with Crippen molar-refractivity contribution in [2.75, 3.05) is 24.0 Å². The van der Waals surface area contributed by atoms with Gasteiger partial charge in [-0.15, -0.1) is 0 Å². The Labute approximate surface area is 288 Å². The minimum atomic E-state index is -5.11. The van der Waals surface area contributed by atoms with Crippen molar-refractivity contribution in [3.63, 3.8) is 0 Å². The van der Waals surface area contributed by atoms with Gasteiger partial charge in [0.15, 0.2) is 0 Å². The van der Waals surface area contributed by atoms with Gasteiger partial charge in [0, 0.05) is 17.5 Å². The maximum absolute atomic E-state index is 15.2. The summed E-state index contributed by atoms with van der Waals surface area (Å²) in [6.45, 7) is 2.38. The molecule has 11 nitrogen and oxygen atoms in total. The molecule has 0 bridgehead atoms. The monoisotopic (exact) mass is 717 g/mol. The van der Waals surface area contributed by atoms with Gasteiger partial charge in [-0.2, -0.15) is 13.2 Å². The van der Waals surface area contributed by atoms with Gasteiger partial charge < -0.3 is 29.5 Å². The van der Waals surface area contributed by atoms with E-state index in [0.717, 1.165) is 23.1 Å². The van der Waals surface area contributed by atoms with Gasteiger partial charge in [0.1, 0.15) is 28.7 Å². The van der Waals surface area contributed by atoms with Gasteiger partial charge in [0.2, 0.25) is 0 Å². The van der Waals surface area contributed by atoms with E-state index in [2.05, 4.69) is 0 Å². The molecule has 1 heterocycles. The Bertz CT molecular complexity index is 1950. The van der Waals surface area contributed by atoms with E-state index in [1.165, 1.54) is 52.4 Å². The Morgan fingerprint density at radius 2 is 1.71 bits per heavy atom. The summed E-state index contributed by atoms with van der Waals surface area (Å²) in [5, 5.41) is 19.4. The van der Waals surface area contributed by atoms with Crippen LogP contribution >= 0.6 is 0 Å². The van der Waals surface area contributed by atoms with Crippen LogP contribution in [0.2, 0.25) is 0 Å². The van der Waals surface area contributed by atoms with Crippen LogP contribution in [-0.2, 0) is 36.6 Å². The third-order valence-corrected chi connectivity index (χ3v) is 8.94. The Hall–Kier alpha value is -5.67. The average Bonchev–Trinajstić information content (AvgIpc) is 3.23. The fourth-order valence-corrected chi connectivity index (χ4v) is 6.30. The molecule has 270 valence electrons. The van der Waals surface area contributed by atoms with Crippen molar-refractivity contribution < 1.29 is 60.8 Å². The highest BCUT2D eigenvalue weighted by Crippen LogP contribution is 2.41.